The second kappa shape index (κ2) is 6.24. The number of rotatable bonds is 3. The van der Waals surface area contributed by atoms with E-state index in [1.807, 2.05) is 24.1 Å². The molecular weight excluding hydrogens is 294 g/mol. The molecule has 1 aliphatic rings. The van der Waals surface area contributed by atoms with Gasteiger partial charge in [0.05, 0.1) is 11.6 Å². The molecule has 2 aromatic rings. The van der Waals surface area contributed by atoms with Crippen LogP contribution in [0.3, 0.4) is 0 Å². The fourth-order valence-electron chi connectivity index (χ4n) is 3.33. The zero-order chi connectivity index (χ0) is 15.7. The number of aryl methyl sites for hydroxylation is 3. The van der Waals surface area contributed by atoms with Gasteiger partial charge in [-0.15, -0.1) is 11.3 Å². The van der Waals surface area contributed by atoms with Gasteiger partial charge >= 0.3 is 0 Å². The Balaban J connectivity index is 1.78. The van der Waals surface area contributed by atoms with E-state index in [2.05, 4.69) is 29.6 Å². The Morgan fingerprint density at radius 3 is 2.95 bits per heavy atom. The van der Waals surface area contributed by atoms with Crippen molar-refractivity contribution in [3.05, 3.63) is 39.6 Å². The number of likely N-dealkylation sites (tertiary alicyclic amines) is 1. The first-order valence-electron chi connectivity index (χ1n) is 7.98. The quantitative estimate of drug-likeness (QED) is 0.867. The Hall–Kier alpha value is -1.62. The monoisotopic (exact) mass is 317 g/mol. The molecule has 22 heavy (non-hydrogen) atoms. The molecule has 5 heteroatoms. The van der Waals surface area contributed by atoms with Crippen molar-refractivity contribution in [2.75, 3.05) is 13.1 Å². The first-order valence-corrected chi connectivity index (χ1v) is 8.79. The van der Waals surface area contributed by atoms with Gasteiger partial charge in [0.2, 0.25) is 0 Å². The maximum absolute atomic E-state index is 12.8. The van der Waals surface area contributed by atoms with Crippen LogP contribution in [0.25, 0.3) is 0 Å². The molecule has 4 nitrogen and oxygen atoms in total. The van der Waals surface area contributed by atoms with E-state index >= 15 is 0 Å². The number of piperidine rings is 1. The predicted molar refractivity (Wildman–Crippen MR) is 89.6 cm³/mol. The average molecular weight is 317 g/mol. The zero-order valence-corrected chi connectivity index (χ0v) is 14.3. The molecule has 1 fully saturated rings. The Labute approximate surface area is 135 Å². The summed E-state index contributed by atoms with van der Waals surface area (Å²) >= 11 is 1.70. The third-order valence-corrected chi connectivity index (χ3v) is 5.38. The molecule has 0 aliphatic carbocycles. The van der Waals surface area contributed by atoms with Gasteiger partial charge in [-0.25, -0.2) is 4.98 Å². The molecule has 3 heterocycles. The van der Waals surface area contributed by atoms with E-state index in [4.69, 9.17) is 0 Å². The number of hydrogen-bond acceptors (Lipinski definition) is 3. The molecular formula is C17H23N3OS. The van der Waals surface area contributed by atoms with Gasteiger partial charge in [0.1, 0.15) is 5.82 Å². The van der Waals surface area contributed by atoms with Crippen LogP contribution in [0, 0.1) is 13.8 Å². The standard InChI is InChI=1S/C17H23N3OS/c1-4-16-18-7-9-20(16)14-6-5-8-19(11-14)17(21)15-10-12(2)22-13(15)3/h7,9-10,14H,4-6,8,11H2,1-3H3/t14-/m1/s1. The summed E-state index contributed by atoms with van der Waals surface area (Å²) in [5.41, 5.74) is 0.879. The molecule has 0 spiro atoms. The van der Waals surface area contributed by atoms with E-state index in [1.165, 1.54) is 4.88 Å². The van der Waals surface area contributed by atoms with Gasteiger partial charge in [-0.05, 0) is 32.8 Å². The summed E-state index contributed by atoms with van der Waals surface area (Å²) in [7, 11) is 0. The van der Waals surface area contributed by atoms with E-state index in [9.17, 15) is 4.79 Å². The predicted octanol–water partition coefficient (Wildman–Crippen LogP) is 3.60. The molecule has 0 N–H and O–H groups in total. The van der Waals surface area contributed by atoms with Crippen molar-refractivity contribution < 1.29 is 4.79 Å². The molecule has 1 amide bonds. The number of aromatic nitrogens is 2. The SMILES string of the molecule is CCc1nccn1[C@@H]1CCCN(C(=O)c2cc(C)sc2C)C1. The number of nitrogens with zero attached hydrogens (tertiary/aromatic N) is 3. The molecule has 1 aliphatic heterocycles. The summed E-state index contributed by atoms with van der Waals surface area (Å²) in [5, 5.41) is 0. The van der Waals surface area contributed by atoms with Crippen molar-refractivity contribution in [1.82, 2.24) is 14.5 Å². The van der Waals surface area contributed by atoms with E-state index in [-0.39, 0.29) is 5.91 Å². The summed E-state index contributed by atoms with van der Waals surface area (Å²) in [5.74, 6) is 1.30. The molecule has 0 saturated carbocycles. The first-order chi connectivity index (χ1) is 10.6. The first kappa shape index (κ1) is 15.3. The minimum atomic E-state index is 0.185. The van der Waals surface area contributed by atoms with Gasteiger partial charge in [-0.3, -0.25) is 4.79 Å². The second-order valence-corrected chi connectivity index (χ2v) is 7.44. The molecule has 0 bridgehead atoms. The van der Waals surface area contributed by atoms with Crippen molar-refractivity contribution in [3.63, 3.8) is 0 Å². The maximum Gasteiger partial charge on any atom is 0.255 e. The van der Waals surface area contributed by atoms with Crippen LogP contribution < -0.4 is 0 Å². The number of thiophene rings is 1. The van der Waals surface area contributed by atoms with Crippen molar-refractivity contribution in [1.29, 1.82) is 0 Å². The molecule has 2 aromatic heterocycles. The number of imidazole rings is 1. The summed E-state index contributed by atoms with van der Waals surface area (Å²) < 4.78 is 2.26. The second-order valence-electron chi connectivity index (χ2n) is 5.98. The van der Waals surface area contributed by atoms with Gasteiger partial charge in [-0.2, -0.15) is 0 Å². The lowest BCUT2D eigenvalue weighted by Crippen LogP contribution is -2.41. The Bertz CT molecular complexity index is 673. The molecule has 0 unspecified atom stereocenters. The summed E-state index contributed by atoms with van der Waals surface area (Å²) in [4.78, 5) is 21.6. The largest absolute Gasteiger partial charge is 0.337 e. The molecule has 1 atom stereocenters. The molecule has 1 saturated heterocycles. The lowest BCUT2D eigenvalue weighted by Gasteiger charge is -2.34. The smallest absolute Gasteiger partial charge is 0.255 e. The minimum Gasteiger partial charge on any atom is -0.337 e. The summed E-state index contributed by atoms with van der Waals surface area (Å²) in [6.45, 7) is 7.88. The van der Waals surface area contributed by atoms with Gasteiger partial charge in [0, 0.05) is 41.7 Å². The normalized spacial score (nSPS) is 18.7. The average Bonchev–Trinajstić information content (AvgIpc) is 3.12. The highest BCUT2D eigenvalue weighted by atomic mass is 32.1. The highest BCUT2D eigenvalue weighted by molar-refractivity contribution is 7.12. The highest BCUT2D eigenvalue weighted by Gasteiger charge is 2.27. The van der Waals surface area contributed by atoms with E-state index in [1.54, 1.807) is 11.3 Å². The van der Waals surface area contributed by atoms with Crippen molar-refractivity contribution >= 4 is 17.2 Å². The van der Waals surface area contributed by atoms with Crippen LogP contribution in [0.1, 0.15) is 51.7 Å². The Kier molecular flexibility index (Phi) is 4.34. The van der Waals surface area contributed by atoms with Gasteiger partial charge < -0.3 is 9.47 Å². The van der Waals surface area contributed by atoms with Gasteiger partial charge in [0.15, 0.2) is 0 Å². The summed E-state index contributed by atoms with van der Waals surface area (Å²) in [6.07, 6.45) is 7.03. The van der Waals surface area contributed by atoms with Crippen molar-refractivity contribution in [2.45, 2.75) is 46.1 Å². The highest BCUT2D eigenvalue weighted by Crippen LogP contribution is 2.27. The molecule has 118 valence electrons. The fraction of sp³-hybridized carbons (Fsp3) is 0.529. The zero-order valence-electron chi connectivity index (χ0n) is 13.5. The molecule has 3 rings (SSSR count). The lowest BCUT2D eigenvalue weighted by molar-refractivity contribution is 0.0678. The van der Waals surface area contributed by atoms with Crippen LogP contribution >= 0.6 is 11.3 Å². The maximum atomic E-state index is 12.8. The van der Waals surface area contributed by atoms with Crippen LogP contribution in [0.15, 0.2) is 18.5 Å². The van der Waals surface area contributed by atoms with E-state index in [0.29, 0.717) is 6.04 Å². The number of carbonyl (C=O) groups excluding carboxylic acids is 1. The number of hydrogen-bond donors (Lipinski definition) is 0. The Morgan fingerprint density at radius 1 is 1.45 bits per heavy atom. The van der Waals surface area contributed by atoms with Crippen LogP contribution in [-0.2, 0) is 6.42 Å². The van der Waals surface area contributed by atoms with Gasteiger partial charge in [-0.1, -0.05) is 6.92 Å². The summed E-state index contributed by atoms with van der Waals surface area (Å²) in [6, 6.07) is 2.39. The topological polar surface area (TPSA) is 38.1 Å². The Morgan fingerprint density at radius 2 is 2.27 bits per heavy atom. The van der Waals surface area contributed by atoms with Crippen LogP contribution in [0.4, 0.5) is 0 Å². The van der Waals surface area contributed by atoms with E-state index in [0.717, 1.165) is 48.6 Å². The lowest BCUT2D eigenvalue weighted by atomic mass is 10.0. The molecule has 0 radical (unpaired) electrons. The fourth-order valence-corrected chi connectivity index (χ4v) is 4.25. The van der Waals surface area contributed by atoms with Crippen LogP contribution in [-0.4, -0.2) is 33.4 Å². The van der Waals surface area contributed by atoms with Gasteiger partial charge in [0.25, 0.3) is 5.91 Å². The number of carbonyl (C=O) groups is 1. The van der Waals surface area contributed by atoms with Crippen LogP contribution in [0.2, 0.25) is 0 Å². The van der Waals surface area contributed by atoms with E-state index < -0.39 is 0 Å². The number of amides is 1. The van der Waals surface area contributed by atoms with Crippen molar-refractivity contribution in [2.24, 2.45) is 0 Å². The molecule has 0 aromatic carbocycles. The van der Waals surface area contributed by atoms with Crippen LogP contribution in [0.5, 0.6) is 0 Å². The third-order valence-electron chi connectivity index (χ3n) is 4.41. The third kappa shape index (κ3) is 2.82. The minimum absolute atomic E-state index is 0.185. The van der Waals surface area contributed by atoms with Crippen molar-refractivity contribution in [3.8, 4) is 0 Å².